The van der Waals surface area contributed by atoms with Crippen molar-refractivity contribution in [1.82, 2.24) is 0 Å². The average molecular weight is 331 g/mol. The Kier molecular flexibility index (Phi) is 5.32. The summed E-state index contributed by atoms with van der Waals surface area (Å²) in [5.41, 5.74) is 0.718. The van der Waals surface area contributed by atoms with E-state index in [0.29, 0.717) is 11.4 Å². The number of nitrogens with zero attached hydrogens (tertiary/aromatic N) is 1. The summed E-state index contributed by atoms with van der Waals surface area (Å²) < 4.78 is 0. The summed E-state index contributed by atoms with van der Waals surface area (Å²) in [5.74, 6) is -1.67. The van der Waals surface area contributed by atoms with E-state index in [1.165, 1.54) is 36.0 Å². The predicted octanol–water partition coefficient (Wildman–Crippen LogP) is 2.89. The molecule has 0 fully saturated rings. The lowest BCUT2D eigenvalue weighted by molar-refractivity contribution is -0.384. The SMILES string of the molecule is CSc1cccc(NC(=O)C(=O)Nc2ccc([N+](=O)[O-])cc2)c1. The molecule has 0 aliphatic rings. The highest BCUT2D eigenvalue weighted by Crippen LogP contribution is 2.19. The molecule has 118 valence electrons. The summed E-state index contributed by atoms with van der Waals surface area (Å²) in [6.45, 7) is 0. The van der Waals surface area contributed by atoms with Gasteiger partial charge in [-0.15, -0.1) is 11.8 Å². The van der Waals surface area contributed by atoms with E-state index in [9.17, 15) is 19.7 Å². The number of rotatable bonds is 4. The molecule has 0 spiro atoms. The van der Waals surface area contributed by atoms with E-state index in [1.807, 2.05) is 12.3 Å². The van der Waals surface area contributed by atoms with Gasteiger partial charge in [0.2, 0.25) is 0 Å². The van der Waals surface area contributed by atoms with E-state index in [4.69, 9.17) is 0 Å². The van der Waals surface area contributed by atoms with Gasteiger partial charge in [0, 0.05) is 28.4 Å². The standard InChI is InChI=1S/C15H13N3O4S/c1-23-13-4-2-3-11(9-13)17-15(20)14(19)16-10-5-7-12(8-6-10)18(21)22/h2-9H,1H3,(H,16,19)(H,17,20). The molecule has 0 aliphatic heterocycles. The second-order valence-corrected chi connectivity index (χ2v) is 5.32. The van der Waals surface area contributed by atoms with Crippen molar-refractivity contribution in [2.45, 2.75) is 4.90 Å². The smallest absolute Gasteiger partial charge is 0.314 e. The summed E-state index contributed by atoms with van der Waals surface area (Å²) in [4.78, 5) is 34.6. The van der Waals surface area contributed by atoms with Crippen LogP contribution < -0.4 is 10.6 Å². The molecule has 0 bridgehead atoms. The van der Waals surface area contributed by atoms with Crippen LogP contribution in [0.1, 0.15) is 0 Å². The molecule has 0 aliphatic carbocycles. The number of carbonyl (C=O) groups excluding carboxylic acids is 2. The van der Waals surface area contributed by atoms with Crippen LogP contribution in [0.25, 0.3) is 0 Å². The van der Waals surface area contributed by atoms with Crippen molar-refractivity contribution in [3.05, 3.63) is 58.6 Å². The van der Waals surface area contributed by atoms with Gasteiger partial charge in [0.25, 0.3) is 5.69 Å². The lowest BCUT2D eigenvalue weighted by Gasteiger charge is -2.07. The van der Waals surface area contributed by atoms with Crippen LogP contribution in [0.5, 0.6) is 0 Å². The van der Waals surface area contributed by atoms with Gasteiger partial charge in [-0.25, -0.2) is 0 Å². The van der Waals surface area contributed by atoms with Crippen LogP contribution in [0.2, 0.25) is 0 Å². The number of nitrogens with one attached hydrogen (secondary N) is 2. The number of benzene rings is 2. The van der Waals surface area contributed by atoms with Crippen LogP contribution in [-0.2, 0) is 9.59 Å². The number of hydrogen-bond donors (Lipinski definition) is 2. The summed E-state index contributed by atoms with van der Waals surface area (Å²) in [6.07, 6.45) is 1.90. The molecule has 0 heterocycles. The first-order chi connectivity index (χ1) is 11.0. The molecule has 0 unspecified atom stereocenters. The highest BCUT2D eigenvalue weighted by molar-refractivity contribution is 7.98. The monoisotopic (exact) mass is 331 g/mol. The predicted molar refractivity (Wildman–Crippen MR) is 88.6 cm³/mol. The second-order valence-electron chi connectivity index (χ2n) is 4.44. The van der Waals surface area contributed by atoms with E-state index in [2.05, 4.69) is 10.6 Å². The van der Waals surface area contributed by atoms with Crippen LogP contribution in [0.4, 0.5) is 17.1 Å². The maximum atomic E-state index is 11.9. The van der Waals surface area contributed by atoms with Gasteiger partial charge >= 0.3 is 11.8 Å². The van der Waals surface area contributed by atoms with Gasteiger partial charge in [-0.3, -0.25) is 19.7 Å². The summed E-state index contributed by atoms with van der Waals surface area (Å²) in [6, 6.07) is 12.3. The Morgan fingerprint density at radius 2 is 1.61 bits per heavy atom. The fraction of sp³-hybridized carbons (Fsp3) is 0.0667. The van der Waals surface area contributed by atoms with Crippen LogP contribution in [0.3, 0.4) is 0 Å². The van der Waals surface area contributed by atoms with Crippen LogP contribution in [0, 0.1) is 10.1 Å². The molecule has 0 radical (unpaired) electrons. The molecule has 2 N–H and O–H groups in total. The normalized spacial score (nSPS) is 9.96. The summed E-state index contributed by atoms with van der Waals surface area (Å²) in [7, 11) is 0. The highest BCUT2D eigenvalue weighted by Gasteiger charge is 2.15. The first-order valence-electron chi connectivity index (χ1n) is 6.50. The maximum Gasteiger partial charge on any atom is 0.314 e. The van der Waals surface area contributed by atoms with E-state index in [0.717, 1.165) is 4.90 Å². The number of amides is 2. The Labute approximate surface area is 136 Å². The van der Waals surface area contributed by atoms with Crippen LogP contribution >= 0.6 is 11.8 Å². The molecule has 2 amide bonds. The van der Waals surface area contributed by atoms with Crippen molar-refractivity contribution in [2.24, 2.45) is 0 Å². The van der Waals surface area contributed by atoms with Crippen molar-refractivity contribution < 1.29 is 14.5 Å². The van der Waals surface area contributed by atoms with E-state index in [1.54, 1.807) is 18.2 Å². The van der Waals surface area contributed by atoms with Crippen molar-refractivity contribution in [3.63, 3.8) is 0 Å². The van der Waals surface area contributed by atoms with Gasteiger partial charge in [-0.05, 0) is 36.6 Å². The molecule has 8 heteroatoms. The first-order valence-corrected chi connectivity index (χ1v) is 7.73. The Balaban J connectivity index is 1.99. The number of nitro benzene ring substituents is 1. The minimum absolute atomic E-state index is 0.0960. The van der Waals surface area contributed by atoms with Crippen molar-refractivity contribution in [3.8, 4) is 0 Å². The zero-order chi connectivity index (χ0) is 16.8. The van der Waals surface area contributed by atoms with Crippen LogP contribution in [0.15, 0.2) is 53.4 Å². The zero-order valence-corrected chi connectivity index (χ0v) is 12.9. The lowest BCUT2D eigenvalue weighted by atomic mass is 10.3. The largest absolute Gasteiger partial charge is 0.318 e. The second kappa shape index (κ2) is 7.41. The van der Waals surface area contributed by atoms with Gasteiger partial charge in [-0.1, -0.05) is 6.07 Å². The number of hydrogen-bond acceptors (Lipinski definition) is 5. The summed E-state index contributed by atoms with van der Waals surface area (Å²) >= 11 is 1.52. The van der Waals surface area contributed by atoms with Gasteiger partial charge in [0.1, 0.15) is 0 Å². The lowest BCUT2D eigenvalue weighted by Crippen LogP contribution is -2.29. The molecule has 2 aromatic carbocycles. The van der Waals surface area contributed by atoms with Gasteiger partial charge in [0.05, 0.1) is 4.92 Å². The van der Waals surface area contributed by atoms with Gasteiger partial charge < -0.3 is 10.6 Å². The highest BCUT2D eigenvalue weighted by atomic mass is 32.2. The van der Waals surface area contributed by atoms with Gasteiger partial charge in [-0.2, -0.15) is 0 Å². The zero-order valence-electron chi connectivity index (χ0n) is 12.1. The molecule has 2 aromatic rings. The third kappa shape index (κ3) is 4.55. The molecule has 0 saturated heterocycles. The third-order valence-corrected chi connectivity index (χ3v) is 3.60. The Hall–Kier alpha value is -2.87. The number of thioether (sulfide) groups is 1. The molecular formula is C15H13N3O4S. The van der Waals surface area contributed by atoms with Crippen molar-refractivity contribution >= 4 is 40.6 Å². The molecule has 0 saturated carbocycles. The Morgan fingerprint density at radius 1 is 1.00 bits per heavy atom. The topological polar surface area (TPSA) is 101 Å². The molecular weight excluding hydrogens is 318 g/mol. The van der Waals surface area contributed by atoms with E-state index in [-0.39, 0.29) is 5.69 Å². The van der Waals surface area contributed by atoms with E-state index >= 15 is 0 Å². The molecule has 23 heavy (non-hydrogen) atoms. The van der Waals surface area contributed by atoms with Crippen LogP contribution in [-0.4, -0.2) is 23.0 Å². The molecule has 7 nitrogen and oxygen atoms in total. The third-order valence-electron chi connectivity index (χ3n) is 2.87. The quantitative estimate of drug-likeness (QED) is 0.388. The van der Waals surface area contributed by atoms with Crippen molar-refractivity contribution in [2.75, 3.05) is 16.9 Å². The molecule has 0 atom stereocenters. The van der Waals surface area contributed by atoms with Gasteiger partial charge in [0.15, 0.2) is 0 Å². The first kappa shape index (κ1) is 16.5. The Bertz CT molecular complexity index is 747. The summed E-state index contributed by atoms with van der Waals surface area (Å²) in [5, 5.41) is 15.4. The van der Waals surface area contributed by atoms with E-state index < -0.39 is 16.7 Å². The number of non-ortho nitro benzene ring substituents is 1. The molecule has 2 rings (SSSR count). The minimum atomic E-state index is -0.853. The minimum Gasteiger partial charge on any atom is -0.318 e. The fourth-order valence-corrected chi connectivity index (χ4v) is 2.20. The van der Waals surface area contributed by atoms with Crippen molar-refractivity contribution in [1.29, 1.82) is 0 Å². The maximum absolute atomic E-state index is 11.9. The Morgan fingerprint density at radius 3 is 2.17 bits per heavy atom. The number of anilines is 2. The number of nitro groups is 1. The number of carbonyl (C=O) groups is 2. The fourth-order valence-electron chi connectivity index (χ4n) is 1.74. The molecule has 0 aromatic heterocycles. The average Bonchev–Trinajstić information content (AvgIpc) is 2.55.